The third-order valence-electron chi connectivity index (χ3n) is 13.3. The van der Waals surface area contributed by atoms with E-state index in [1.165, 1.54) is 44.9 Å². The summed E-state index contributed by atoms with van der Waals surface area (Å²) in [7, 11) is 0. The molecule has 0 unspecified atom stereocenters. The maximum atomic E-state index is 13.2. The van der Waals surface area contributed by atoms with Gasteiger partial charge in [0.05, 0.1) is 6.10 Å². The van der Waals surface area contributed by atoms with Crippen LogP contribution in [0.15, 0.2) is 11.6 Å². The van der Waals surface area contributed by atoms with Crippen LogP contribution < -0.4 is 0 Å². The molecule has 40 heavy (non-hydrogen) atoms. The Hall–Kier alpha value is -1.07. The molecule has 1 aliphatic heterocycles. The van der Waals surface area contributed by atoms with Crippen molar-refractivity contribution in [3.05, 3.63) is 11.6 Å². The molecule has 6 rings (SSSR count). The van der Waals surface area contributed by atoms with Crippen molar-refractivity contribution < 1.29 is 14.7 Å². The number of hydrogen-bond acceptors (Lipinski definition) is 3. The molecule has 0 bridgehead atoms. The highest BCUT2D eigenvalue weighted by Gasteiger charge is 2.59. The van der Waals surface area contributed by atoms with Crippen molar-refractivity contribution >= 4 is 24.2 Å². The zero-order valence-electron chi connectivity index (χ0n) is 25.4. The Balaban J connectivity index is 0.00000323. The summed E-state index contributed by atoms with van der Waals surface area (Å²) >= 11 is 0. The third-order valence-corrected chi connectivity index (χ3v) is 13.3. The van der Waals surface area contributed by atoms with Crippen LogP contribution in [0.2, 0.25) is 0 Å². The molecule has 5 aliphatic carbocycles. The quantitative estimate of drug-likeness (QED) is 0.375. The molecular weight excluding hydrogens is 520 g/mol. The molecule has 1 saturated heterocycles. The summed E-state index contributed by atoms with van der Waals surface area (Å²) in [6.45, 7) is 10.4. The molecule has 0 aromatic carbocycles. The van der Waals surface area contributed by atoms with Crippen molar-refractivity contribution in [2.45, 2.75) is 117 Å². The van der Waals surface area contributed by atoms with Crippen LogP contribution in [-0.4, -0.2) is 59.0 Å². The fraction of sp³-hybridized carbons (Fsp3) is 0.882. The molecule has 5 fully saturated rings. The van der Waals surface area contributed by atoms with Crippen LogP contribution >= 0.6 is 12.4 Å². The second-order valence-electron chi connectivity index (χ2n) is 15.1. The lowest BCUT2D eigenvalue weighted by molar-refractivity contribution is -0.142. The summed E-state index contributed by atoms with van der Waals surface area (Å²) in [5, 5.41) is 10.3. The number of piperazine rings is 1. The minimum atomic E-state index is -0.127. The number of hydrogen-bond donors (Lipinski definition) is 1. The molecular formula is C34H55ClN2O3. The largest absolute Gasteiger partial charge is 0.393 e. The average molecular weight is 575 g/mol. The number of fused-ring (bicyclic) bond motifs is 5. The Morgan fingerprint density at radius 1 is 0.950 bits per heavy atom. The van der Waals surface area contributed by atoms with Crippen LogP contribution in [0.5, 0.6) is 0 Å². The van der Waals surface area contributed by atoms with Gasteiger partial charge in [-0.1, -0.05) is 45.3 Å². The first-order valence-electron chi connectivity index (χ1n) is 16.6. The Bertz CT molecular complexity index is 970. The maximum Gasteiger partial charge on any atom is 0.225 e. The highest BCUT2D eigenvalue weighted by atomic mass is 35.5. The number of amides is 2. The van der Waals surface area contributed by atoms with Gasteiger partial charge in [0, 0.05) is 38.5 Å². The van der Waals surface area contributed by atoms with Crippen molar-refractivity contribution in [2.24, 2.45) is 46.3 Å². The predicted octanol–water partition coefficient (Wildman–Crippen LogP) is 6.63. The summed E-state index contributed by atoms with van der Waals surface area (Å²) in [6.07, 6.45) is 18.2. The van der Waals surface area contributed by atoms with E-state index in [4.69, 9.17) is 0 Å². The molecule has 226 valence electrons. The Morgan fingerprint density at radius 3 is 2.38 bits per heavy atom. The van der Waals surface area contributed by atoms with Gasteiger partial charge in [0.15, 0.2) is 0 Å². The summed E-state index contributed by atoms with van der Waals surface area (Å²) < 4.78 is 0. The molecule has 1 heterocycles. The summed E-state index contributed by atoms with van der Waals surface area (Å²) in [5.74, 6) is 4.59. The van der Waals surface area contributed by atoms with Crippen LogP contribution in [0.25, 0.3) is 0 Å². The summed E-state index contributed by atoms with van der Waals surface area (Å²) in [5.41, 5.74) is 2.29. The van der Waals surface area contributed by atoms with Crippen molar-refractivity contribution in [3.63, 3.8) is 0 Å². The van der Waals surface area contributed by atoms with Gasteiger partial charge in [-0.15, -0.1) is 12.4 Å². The number of aliphatic hydroxyl groups is 1. The van der Waals surface area contributed by atoms with Gasteiger partial charge in [-0.25, -0.2) is 0 Å². The van der Waals surface area contributed by atoms with E-state index in [9.17, 15) is 14.7 Å². The lowest BCUT2D eigenvalue weighted by Crippen LogP contribution is -2.52. The lowest BCUT2D eigenvalue weighted by Gasteiger charge is -2.58. The number of aliphatic hydroxyl groups excluding tert-OH is 1. The fourth-order valence-electron chi connectivity index (χ4n) is 10.9. The van der Waals surface area contributed by atoms with Crippen LogP contribution in [0.1, 0.15) is 111 Å². The Labute approximate surface area is 249 Å². The SMILES string of the molecule is C[C@H](CCC(=O)N1CCN(C(=O)C2CCCC2)CC1)[C@H]1CC[C@H]2[C@@H]3CC=C4C[C@@H](O)CC[C@]4(C)[C@H]3CC[C@]12C.Cl. The third kappa shape index (κ3) is 5.29. The normalized spacial score (nSPS) is 40.4. The van der Waals surface area contributed by atoms with Crippen molar-refractivity contribution in [1.82, 2.24) is 9.80 Å². The van der Waals surface area contributed by atoms with Crippen LogP contribution in [0.3, 0.4) is 0 Å². The van der Waals surface area contributed by atoms with Gasteiger partial charge in [0.25, 0.3) is 0 Å². The van der Waals surface area contributed by atoms with Crippen LogP contribution in [0.4, 0.5) is 0 Å². The monoisotopic (exact) mass is 574 g/mol. The second kappa shape index (κ2) is 11.9. The van der Waals surface area contributed by atoms with Gasteiger partial charge < -0.3 is 14.9 Å². The van der Waals surface area contributed by atoms with Gasteiger partial charge in [-0.2, -0.15) is 0 Å². The van der Waals surface area contributed by atoms with Gasteiger partial charge >= 0.3 is 0 Å². The van der Waals surface area contributed by atoms with Gasteiger partial charge in [-0.05, 0) is 111 Å². The Morgan fingerprint density at radius 2 is 1.65 bits per heavy atom. The molecule has 8 atom stereocenters. The number of nitrogens with zero attached hydrogens (tertiary/aromatic N) is 2. The molecule has 0 aromatic rings. The maximum absolute atomic E-state index is 13.2. The topological polar surface area (TPSA) is 60.9 Å². The van der Waals surface area contributed by atoms with E-state index in [0.29, 0.717) is 48.1 Å². The number of carbonyl (C=O) groups is 2. The standard InChI is InChI=1S/C34H54N2O3.ClH/c1-23(8-13-31(38)35-18-20-36(21-19-35)32(39)24-6-4-5-7-24)28-11-12-29-27-10-9-25-22-26(37)14-16-33(25,2)30(27)15-17-34(28,29)3;/h9,23-24,26-30,37H,4-8,10-22H2,1-3H3;1H/t23-,26+,27+,28-,29+,30+,33+,34-;/m1./s1. The molecule has 6 aliphatic rings. The van der Waals surface area contributed by atoms with Crippen molar-refractivity contribution in [2.75, 3.05) is 26.2 Å². The van der Waals surface area contributed by atoms with E-state index in [2.05, 4.69) is 26.8 Å². The number of rotatable bonds is 5. The fourth-order valence-corrected chi connectivity index (χ4v) is 10.9. The van der Waals surface area contributed by atoms with E-state index in [1.54, 1.807) is 5.57 Å². The smallest absolute Gasteiger partial charge is 0.225 e. The minimum Gasteiger partial charge on any atom is -0.393 e. The highest BCUT2D eigenvalue weighted by Crippen LogP contribution is 2.67. The van der Waals surface area contributed by atoms with Crippen molar-refractivity contribution in [3.8, 4) is 0 Å². The molecule has 0 aromatic heterocycles. The van der Waals surface area contributed by atoms with Crippen molar-refractivity contribution in [1.29, 1.82) is 0 Å². The average Bonchev–Trinajstić information content (AvgIpc) is 3.60. The summed E-state index contributed by atoms with van der Waals surface area (Å²) in [6, 6.07) is 0. The number of allylic oxidation sites excluding steroid dienone is 1. The summed E-state index contributed by atoms with van der Waals surface area (Å²) in [4.78, 5) is 30.0. The zero-order chi connectivity index (χ0) is 27.4. The molecule has 4 saturated carbocycles. The van der Waals surface area contributed by atoms with Gasteiger partial charge in [0.1, 0.15) is 0 Å². The first kappa shape index (κ1) is 30.4. The molecule has 0 spiro atoms. The first-order valence-corrected chi connectivity index (χ1v) is 16.6. The lowest BCUT2D eigenvalue weighted by atomic mass is 9.47. The minimum absolute atomic E-state index is 0. The number of carbonyl (C=O) groups excluding carboxylic acids is 2. The molecule has 6 heteroatoms. The molecule has 5 nitrogen and oxygen atoms in total. The van der Waals surface area contributed by atoms with Crippen LogP contribution in [-0.2, 0) is 9.59 Å². The van der Waals surface area contributed by atoms with E-state index >= 15 is 0 Å². The van der Waals surface area contributed by atoms with E-state index in [-0.39, 0.29) is 24.4 Å². The Kier molecular flexibility index (Phi) is 9.04. The molecule has 0 radical (unpaired) electrons. The second-order valence-corrected chi connectivity index (χ2v) is 15.1. The molecule has 1 N–H and O–H groups in total. The first-order chi connectivity index (χ1) is 18.7. The van der Waals surface area contributed by atoms with Gasteiger partial charge in [0.2, 0.25) is 11.8 Å². The highest BCUT2D eigenvalue weighted by molar-refractivity contribution is 5.85. The van der Waals surface area contributed by atoms with Gasteiger partial charge in [-0.3, -0.25) is 9.59 Å². The van der Waals surface area contributed by atoms with Crippen LogP contribution in [0, 0.1) is 46.3 Å². The predicted molar refractivity (Wildman–Crippen MR) is 162 cm³/mol. The number of halogens is 1. The van der Waals surface area contributed by atoms with E-state index < -0.39 is 0 Å². The zero-order valence-corrected chi connectivity index (χ0v) is 26.2. The van der Waals surface area contributed by atoms with E-state index in [1.807, 2.05) is 9.80 Å². The molecule has 2 amide bonds. The van der Waals surface area contributed by atoms with E-state index in [0.717, 1.165) is 75.3 Å².